The smallest absolute Gasteiger partial charge is 0.182 e. The molecule has 100 valence electrons. The maximum atomic E-state index is 4.72. The molecule has 0 amide bonds. The zero-order valence-electron chi connectivity index (χ0n) is 11.2. The fourth-order valence-electron chi connectivity index (χ4n) is 2.39. The van der Waals surface area contributed by atoms with Gasteiger partial charge >= 0.3 is 0 Å². The van der Waals surface area contributed by atoms with Crippen LogP contribution in [-0.4, -0.2) is 19.7 Å². The quantitative estimate of drug-likeness (QED) is 0.561. The highest BCUT2D eigenvalue weighted by molar-refractivity contribution is 5.88. The van der Waals surface area contributed by atoms with Crippen molar-refractivity contribution in [2.75, 3.05) is 0 Å². The first-order valence-electron chi connectivity index (χ1n) is 6.74. The second-order valence-corrected chi connectivity index (χ2v) is 4.69. The molecule has 0 N–H and O–H groups in total. The van der Waals surface area contributed by atoms with Gasteiger partial charge in [0.1, 0.15) is 11.2 Å². The van der Waals surface area contributed by atoms with Crippen LogP contribution in [0.5, 0.6) is 0 Å². The molecule has 4 nitrogen and oxygen atoms in total. The summed E-state index contributed by atoms with van der Waals surface area (Å²) in [6, 6.07) is 20.0. The Labute approximate surface area is 121 Å². The molecule has 2 aromatic carbocycles. The van der Waals surface area contributed by atoms with Gasteiger partial charge in [0.05, 0.1) is 5.69 Å². The average molecular weight is 272 g/mol. The minimum Gasteiger partial charge on any atom is -0.249 e. The number of fused-ring (bicyclic) bond motifs is 1. The summed E-state index contributed by atoms with van der Waals surface area (Å²) in [5.41, 5.74) is 4.44. The van der Waals surface area contributed by atoms with Crippen LogP contribution in [0.15, 0.2) is 73.1 Å². The minimum atomic E-state index is 0.766. The van der Waals surface area contributed by atoms with Gasteiger partial charge in [0.25, 0.3) is 0 Å². The van der Waals surface area contributed by atoms with Gasteiger partial charge in [-0.1, -0.05) is 48.5 Å². The van der Waals surface area contributed by atoms with Gasteiger partial charge in [0, 0.05) is 18.0 Å². The van der Waals surface area contributed by atoms with Crippen molar-refractivity contribution >= 4 is 11.2 Å². The summed E-state index contributed by atoms with van der Waals surface area (Å²) in [4.78, 5) is 8.90. The van der Waals surface area contributed by atoms with E-state index in [-0.39, 0.29) is 0 Å². The van der Waals surface area contributed by atoms with Gasteiger partial charge in [-0.15, -0.1) is 0 Å². The van der Waals surface area contributed by atoms with Crippen LogP contribution in [0.25, 0.3) is 28.1 Å². The van der Waals surface area contributed by atoms with E-state index in [2.05, 4.69) is 9.97 Å². The highest BCUT2D eigenvalue weighted by Gasteiger charge is 2.14. The molecule has 4 heteroatoms. The van der Waals surface area contributed by atoms with E-state index < -0.39 is 0 Å². The molecule has 0 radical (unpaired) electrons. The van der Waals surface area contributed by atoms with E-state index in [0.29, 0.717) is 0 Å². The van der Waals surface area contributed by atoms with Crippen molar-refractivity contribution in [3.05, 3.63) is 73.1 Å². The number of benzene rings is 2. The van der Waals surface area contributed by atoms with Crippen molar-refractivity contribution in [3.63, 3.8) is 0 Å². The van der Waals surface area contributed by atoms with Crippen LogP contribution in [-0.2, 0) is 0 Å². The first-order chi connectivity index (χ1) is 10.4. The molecule has 0 aliphatic heterocycles. The minimum absolute atomic E-state index is 0.766. The first kappa shape index (κ1) is 11.8. The first-order valence-corrected chi connectivity index (χ1v) is 6.74. The van der Waals surface area contributed by atoms with Crippen LogP contribution in [0.1, 0.15) is 0 Å². The molecular weight excluding hydrogens is 260 g/mol. The van der Waals surface area contributed by atoms with Gasteiger partial charge in [-0.3, -0.25) is 0 Å². The lowest BCUT2D eigenvalue weighted by molar-refractivity contribution is 0.900. The van der Waals surface area contributed by atoms with Crippen molar-refractivity contribution in [1.82, 2.24) is 19.7 Å². The lowest BCUT2D eigenvalue weighted by Gasteiger charge is -2.00. The zero-order chi connectivity index (χ0) is 14.1. The molecule has 0 aliphatic carbocycles. The molecule has 0 aliphatic rings. The van der Waals surface area contributed by atoms with Crippen LogP contribution in [0.2, 0.25) is 0 Å². The molecule has 0 spiro atoms. The number of rotatable bonds is 2. The summed E-state index contributed by atoms with van der Waals surface area (Å²) >= 11 is 0. The second kappa shape index (κ2) is 4.83. The van der Waals surface area contributed by atoms with E-state index >= 15 is 0 Å². The van der Waals surface area contributed by atoms with Crippen LogP contribution in [0, 0.1) is 0 Å². The molecule has 2 heterocycles. The Morgan fingerprint density at radius 1 is 0.714 bits per heavy atom. The van der Waals surface area contributed by atoms with Gasteiger partial charge in [-0.2, -0.15) is 5.10 Å². The standard InChI is InChI=1S/C17H12N4/c1-3-7-13(8-4-1)15-16-17(19-12-11-18-16)21(20-15)14-9-5-2-6-10-14/h1-12H. The Hall–Kier alpha value is -3.01. The van der Waals surface area contributed by atoms with Crippen molar-refractivity contribution < 1.29 is 0 Å². The number of para-hydroxylation sites is 1. The van der Waals surface area contributed by atoms with Gasteiger partial charge in [0.15, 0.2) is 5.65 Å². The van der Waals surface area contributed by atoms with Gasteiger partial charge in [-0.05, 0) is 12.1 Å². The molecule has 0 saturated heterocycles. The fourth-order valence-corrected chi connectivity index (χ4v) is 2.39. The van der Waals surface area contributed by atoms with Gasteiger partial charge in [-0.25, -0.2) is 14.6 Å². The van der Waals surface area contributed by atoms with Crippen LogP contribution in [0.4, 0.5) is 0 Å². The second-order valence-electron chi connectivity index (χ2n) is 4.69. The predicted molar refractivity (Wildman–Crippen MR) is 82.1 cm³/mol. The lowest BCUT2D eigenvalue weighted by Crippen LogP contribution is -1.97. The molecule has 2 aromatic heterocycles. The maximum absolute atomic E-state index is 4.72. The molecule has 0 fully saturated rings. The average Bonchev–Trinajstić information content (AvgIpc) is 2.96. The van der Waals surface area contributed by atoms with E-state index in [9.17, 15) is 0 Å². The highest BCUT2D eigenvalue weighted by atomic mass is 15.3. The van der Waals surface area contributed by atoms with Crippen LogP contribution < -0.4 is 0 Å². The summed E-state index contributed by atoms with van der Waals surface area (Å²) in [5, 5.41) is 4.72. The van der Waals surface area contributed by atoms with E-state index in [1.165, 1.54) is 0 Å². The van der Waals surface area contributed by atoms with E-state index in [1.807, 2.05) is 65.3 Å². The van der Waals surface area contributed by atoms with E-state index in [4.69, 9.17) is 5.10 Å². The summed E-state index contributed by atoms with van der Waals surface area (Å²) in [5.74, 6) is 0. The van der Waals surface area contributed by atoms with Crippen molar-refractivity contribution in [3.8, 4) is 16.9 Å². The normalized spacial score (nSPS) is 10.9. The Kier molecular flexibility index (Phi) is 2.71. The predicted octanol–water partition coefficient (Wildman–Crippen LogP) is 3.48. The Morgan fingerprint density at radius 2 is 1.38 bits per heavy atom. The summed E-state index contributed by atoms with van der Waals surface area (Å²) in [6.45, 7) is 0. The van der Waals surface area contributed by atoms with Gasteiger partial charge in [0.2, 0.25) is 0 Å². The molecule has 0 atom stereocenters. The van der Waals surface area contributed by atoms with Crippen molar-refractivity contribution in [1.29, 1.82) is 0 Å². The van der Waals surface area contributed by atoms with E-state index in [1.54, 1.807) is 12.4 Å². The highest BCUT2D eigenvalue weighted by Crippen LogP contribution is 2.26. The number of hydrogen-bond donors (Lipinski definition) is 0. The molecule has 4 aromatic rings. The summed E-state index contributed by atoms with van der Waals surface area (Å²) < 4.78 is 1.84. The molecule has 0 saturated carbocycles. The largest absolute Gasteiger partial charge is 0.249 e. The molecule has 21 heavy (non-hydrogen) atoms. The van der Waals surface area contributed by atoms with Crippen LogP contribution in [0.3, 0.4) is 0 Å². The van der Waals surface area contributed by atoms with Crippen LogP contribution >= 0.6 is 0 Å². The molecule has 0 bridgehead atoms. The fraction of sp³-hybridized carbons (Fsp3) is 0. The molecule has 0 unspecified atom stereocenters. The third-order valence-corrected chi connectivity index (χ3v) is 3.35. The van der Waals surface area contributed by atoms with Crippen molar-refractivity contribution in [2.24, 2.45) is 0 Å². The Balaban J connectivity index is 2.02. The Morgan fingerprint density at radius 3 is 2.14 bits per heavy atom. The topological polar surface area (TPSA) is 43.6 Å². The summed E-state index contributed by atoms with van der Waals surface area (Å²) in [6.07, 6.45) is 3.39. The summed E-state index contributed by atoms with van der Waals surface area (Å²) in [7, 11) is 0. The van der Waals surface area contributed by atoms with Gasteiger partial charge < -0.3 is 0 Å². The monoisotopic (exact) mass is 272 g/mol. The molecular formula is C17H12N4. The van der Waals surface area contributed by atoms with Crippen molar-refractivity contribution in [2.45, 2.75) is 0 Å². The molecule has 4 rings (SSSR count). The Bertz CT molecular complexity index is 809. The number of nitrogens with zero attached hydrogens (tertiary/aromatic N) is 4. The number of aromatic nitrogens is 4. The maximum Gasteiger partial charge on any atom is 0.182 e. The zero-order valence-corrected chi connectivity index (χ0v) is 11.2. The third kappa shape index (κ3) is 1.97. The lowest BCUT2D eigenvalue weighted by atomic mass is 10.1. The van der Waals surface area contributed by atoms with E-state index in [0.717, 1.165) is 28.1 Å². The number of hydrogen-bond acceptors (Lipinski definition) is 3. The SMILES string of the molecule is c1ccc(-c2nn(-c3ccccc3)c3nccnc23)cc1. The third-order valence-electron chi connectivity index (χ3n) is 3.35.